The third kappa shape index (κ3) is 13.2. The fourth-order valence-corrected chi connectivity index (χ4v) is 5.22. The SMILES string of the molecule is CC(C)CCC(C)N(C(=O)C(NC(=O)OC(C)(C)C)C(C)C)C(C(=O)NC(Cc1ccccc1)C(=O)OC(C)(C)C)c1cccc(O)c1. The van der Waals surface area contributed by atoms with Gasteiger partial charge in [-0.1, -0.05) is 70.2 Å². The first-order chi connectivity index (χ1) is 22.2. The standard InChI is InChI=1S/C38H57N3O7/c1-24(2)20-21-26(5)41(34(44)31(25(3)4)40-36(46)48-38(9,10)11)32(28-18-15-19-29(42)23-28)33(43)39-30(35(45)47-37(6,7)8)22-27-16-13-12-14-17-27/h12-19,23-26,30-32,42H,20-22H2,1-11H3,(H,39,43)(H,40,46). The van der Waals surface area contributed by atoms with Crippen LogP contribution in [-0.4, -0.2) is 63.2 Å². The van der Waals surface area contributed by atoms with Crippen LogP contribution in [0, 0.1) is 11.8 Å². The van der Waals surface area contributed by atoms with Gasteiger partial charge in [0.25, 0.3) is 0 Å². The van der Waals surface area contributed by atoms with Gasteiger partial charge >= 0.3 is 12.1 Å². The van der Waals surface area contributed by atoms with Crippen LogP contribution in [0.4, 0.5) is 4.79 Å². The highest BCUT2D eigenvalue weighted by Gasteiger charge is 2.41. The van der Waals surface area contributed by atoms with Crippen LogP contribution in [0.5, 0.6) is 5.75 Å². The van der Waals surface area contributed by atoms with Gasteiger partial charge in [-0.3, -0.25) is 9.59 Å². The van der Waals surface area contributed by atoms with Crippen molar-refractivity contribution in [1.29, 1.82) is 0 Å². The van der Waals surface area contributed by atoms with Crippen LogP contribution in [0.1, 0.15) is 106 Å². The Hall–Kier alpha value is -4.08. The number of ether oxygens (including phenoxy) is 2. The van der Waals surface area contributed by atoms with E-state index in [1.54, 1.807) is 67.5 Å². The van der Waals surface area contributed by atoms with Crippen molar-refractivity contribution < 1.29 is 33.8 Å². The second kappa shape index (κ2) is 17.4. The minimum atomic E-state index is -1.27. The number of esters is 1. The van der Waals surface area contributed by atoms with E-state index in [1.807, 2.05) is 37.3 Å². The van der Waals surface area contributed by atoms with Crippen LogP contribution < -0.4 is 10.6 Å². The largest absolute Gasteiger partial charge is 0.508 e. The molecule has 0 fully saturated rings. The van der Waals surface area contributed by atoms with Gasteiger partial charge in [-0.05, 0) is 96.4 Å². The topological polar surface area (TPSA) is 134 Å². The number of hydrogen-bond donors (Lipinski definition) is 3. The number of phenols is 1. The Morgan fingerprint density at radius 2 is 1.40 bits per heavy atom. The maximum absolute atomic E-state index is 14.7. The molecule has 266 valence electrons. The summed E-state index contributed by atoms with van der Waals surface area (Å²) < 4.78 is 11.2. The number of phenolic OH excluding ortho intramolecular Hbond substituents is 1. The van der Waals surface area contributed by atoms with Crippen molar-refractivity contribution in [1.82, 2.24) is 15.5 Å². The molecule has 10 nitrogen and oxygen atoms in total. The van der Waals surface area contributed by atoms with Gasteiger partial charge in [-0.15, -0.1) is 0 Å². The molecular weight excluding hydrogens is 610 g/mol. The molecule has 48 heavy (non-hydrogen) atoms. The molecule has 3 amide bonds. The van der Waals surface area contributed by atoms with E-state index in [4.69, 9.17) is 9.47 Å². The zero-order valence-corrected chi connectivity index (χ0v) is 30.6. The van der Waals surface area contributed by atoms with E-state index < -0.39 is 59.2 Å². The minimum absolute atomic E-state index is 0.0900. The van der Waals surface area contributed by atoms with Crippen LogP contribution in [0.25, 0.3) is 0 Å². The molecule has 10 heteroatoms. The number of hydrogen-bond acceptors (Lipinski definition) is 7. The highest BCUT2D eigenvalue weighted by atomic mass is 16.6. The van der Waals surface area contributed by atoms with Crippen molar-refractivity contribution in [2.24, 2.45) is 11.8 Å². The monoisotopic (exact) mass is 667 g/mol. The molecule has 2 rings (SSSR count). The second-order valence-corrected chi connectivity index (χ2v) is 15.2. The number of aromatic hydroxyl groups is 1. The van der Waals surface area contributed by atoms with Gasteiger partial charge in [-0.25, -0.2) is 9.59 Å². The van der Waals surface area contributed by atoms with E-state index in [2.05, 4.69) is 24.5 Å². The summed E-state index contributed by atoms with van der Waals surface area (Å²) in [7, 11) is 0. The summed E-state index contributed by atoms with van der Waals surface area (Å²) >= 11 is 0. The summed E-state index contributed by atoms with van der Waals surface area (Å²) in [6.07, 6.45) is 0.720. The molecule has 0 aromatic heterocycles. The van der Waals surface area contributed by atoms with Gasteiger partial charge in [0.2, 0.25) is 11.8 Å². The quantitative estimate of drug-likeness (QED) is 0.191. The average Bonchev–Trinajstić information content (AvgIpc) is 2.95. The van der Waals surface area contributed by atoms with Gasteiger partial charge in [-0.2, -0.15) is 0 Å². The molecule has 0 saturated heterocycles. The predicted octanol–water partition coefficient (Wildman–Crippen LogP) is 6.71. The highest BCUT2D eigenvalue weighted by molar-refractivity contribution is 5.94. The number of rotatable bonds is 14. The van der Waals surface area contributed by atoms with Gasteiger partial charge < -0.3 is 30.1 Å². The molecule has 4 unspecified atom stereocenters. The van der Waals surface area contributed by atoms with Gasteiger partial charge in [0.05, 0.1) is 0 Å². The lowest BCUT2D eigenvalue weighted by Crippen LogP contribution is -2.58. The Balaban J connectivity index is 2.70. The zero-order valence-electron chi connectivity index (χ0n) is 30.6. The number of carbonyl (C=O) groups excluding carboxylic acids is 4. The van der Waals surface area contributed by atoms with Crippen molar-refractivity contribution in [3.05, 3.63) is 65.7 Å². The summed E-state index contributed by atoms with van der Waals surface area (Å²) in [6.45, 7) is 20.1. The molecule has 4 atom stereocenters. The van der Waals surface area contributed by atoms with Crippen LogP contribution >= 0.6 is 0 Å². The highest BCUT2D eigenvalue weighted by Crippen LogP contribution is 2.30. The first-order valence-electron chi connectivity index (χ1n) is 16.9. The van der Waals surface area contributed by atoms with Crippen molar-refractivity contribution in [3.63, 3.8) is 0 Å². The molecule has 0 saturated carbocycles. The number of nitrogens with zero attached hydrogens (tertiary/aromatic N) is 1. The summed E-state index contributed by atoms with van der Waals surface area (Å²) in [5.41, 5.74) is -0.452. The van der Waals surface area contributed by atoms with E-state index in [-0.39, 0.29) is 18.1 Å². The maximum Gasteiger partial charge on any atom is 0.408 e. The summed E-state index contributed by atoms with van der Waals surface area (Å²) in [5, 5.41) is 16.2. The lowest BCUT2D eigenvalue weighted by Gasteiger charge is -2.40. The molecule has 3 N–H and O–H groups in total. The maximum atomic E-state index is 14.7. The van der Waals surface area contributed by atoms with Crippen molar-refractivity contribution >= 4 is 23.9 Å². The zero-order chi connectivity index (χ0) is 36.4. The summed E-state index contributed by atoms with van der Waals surface area (Å²) in [6, 6.07) is 11.6. The first kappa shape index (κ1) is 40.1. The average molecular weight is 668 g/mol. The van der Waals surface area contributed by atoms with Crippen LogP contribution in [0.15, 0.2) is 54.6 Å². The van der Waals surface area contributed by atoms with E-state index in [9.17, 15) is 24.3 Å². The third-order valence-corrected chi connectivity index (χ3v) is 7.50. The fraction of sp³-hybridized carbons (Fsp3) is 0.579. The first-order valence-corrected chi connectivity index (χ1v) is 16.9. The molecule has 0 aliphatic rings. The smallest absolute Gasteiger partial charge is 0.408 e. The molecule has 0 aliphatic heterocycles. The number of benzene rings is 2. The Bertz CT molecular complexity index is 1360. The van der Waals surface area contributed by atoms with Crippen LogP contribution in [-0.2, 0) is 30.3 Å². The normalized spacial score (nSPS) is 14.4. The molecule has 0 heterocycles. The van der Waals surface area contributed by atoms with E-state index >= 15 is 0 Å². The third-order valence-electron chi connectivity index (χ3n) is 7.50. The van der Waals surface area contributed by atoms with E-state index in [1.165, 1.54) is 17.0 Å². The Kier molecular flexibility index (Phi) is 14.5. The molecule has 0 bridgehead atoms. The van der Waals surface area contributed by atoms with Crippen LogP contribution in [0.2, 0.25) is 0 Å². The lowest BCUT2D eigenvalue weighted by molar-refractivity contribution is -0.159. The fourth-order valence-electron chi connectivity index (χ4n) is 5.22. The second-order valence-electron chi connectivity index (χ2n) is 15.2. The summed E-state index contributed by atoms with van der Waals surface area (Å²) in [5.74, 6) is -1.88. The van der Waals surface area contributed by atoms with Crippen molar-refractivity contribution in [2.45, 2.75) is 131 Å². The van der Waals surface area contributed by atoms with Crippen molar-refractivity contribution in [2.75, 3.05) is 0 Å². The molecular formula is C38H57N3O7. The Labute approximate surface area is 287 Å². The predicted molar refractivity (Wildman–Crippen MR) is 187 cm³/mol. The van der Waals surface area contributed by atoms with Gasteiger partial charge in [0, 0.05) is 12.5 Å². The molecule has 0 aliphatic carbocycles. The number of carbonyl (C=O) groups is 4. The van der Waals surface area contributed by atoms with Gasteiger partial charge in [0.1, 0.15) is 35.1 Å². The Morgan fingerprint density at radius 3 is 1.92 bits per heavy atom. The van der Waals surface area contributed by atoms with Gasteiger partial charge in [0.15, 0.2) is 0 Å². The summed E-state index contributed by atoms with van der Waals surface area (Å²) in [4.78, 5) is 57.3. The molecule has 0 spiro atoms. The van der Waals surface area contributed by atoms with E-state index in [0.29, 0.717) is 17.9 Å². The lowest BCUT2D eigenvalue weighted by atomic mass is 9.94. The Morgan fingerprint density at radius 1 is 0.792 bits per heavy atom. The minimum Gasteiger partial charge on any atom is -0.508 e. The number of amides is 3. The molecule has 2 aromatic rings. The van der Waals surface area contributed by atoms with Crippen molar-refractivity contribution in [3.8, 4) is 5.75 Å². The molecule has 2 aromatic carbocycles. The number of alkyl carbamates (subject to hydrolysis) is 1. The van der Waals surface area contributed by atoms with E-state index in [0.717, 1.165) is 12.0 Å². The number of nitrogens with one attached hydrogen (secondary N) is 2. The molecule has 0 radical (unpaired) electrons. The van der Waals surface area contributed by atoms with Crippen LogP contribution in [0.3, 0.4) is 0 Å².